The van der Waals surface area contributed by atoms with Crippen LogP contribution in [0, 0.1) is 25.2 Å². The fraction of sp³-hybridized carbons (Fsp3) is 0.190. The molecule has 0 aliphatic carbocycles. The van der Waals surface area contributed by atoms with Crippen molar-refractivity contribution in [2.24, 2.45) is 0 Å². The quantitative estimate of drug-likeness (QED) is 0.494. The first-order valence-electron chi connectivity index (χ1n) is 8.57. The molecule has 6 nitrogen and oxygen atoms in total. The van der Waals surface area contributed by atoms with Crippen molar-refractivity contribution in [3.63, 3.8) is 0 Å². The number of aromatic nitrogens is 2. The molecule has 0 unspecified atom stereocenters. The Morgan fingerprint density at radius 1 is 1.26 bits per heavy atom. The minimum Gasteiger partial charge on any atom is -0.467 e. The van der Waals surface area contributed by atoms with E-state index in [4.69, 9.17) is 8.83 Å². The van der Waals surface area contributed by atoms with Crippen LogP contribution in [0.2, 0.25) is 0 Å². The number of nitriles is 1. The minimum absolute atomic E-state index is 0.125. The molecule has 0 spiro atoms. The van der Waals surface area contributed by atoms with Crippen LogP contribution in [0.5, 0.6) is 0 Å². The van der Waals surface area contributed by atoms with E-state index in [1.54, 1.807) is 24.5 Å². The highest BCUT2D eigenvalue weighted by Crippen LogP contribution is 2.27. The SMILES string of the molecule is Cc1cc(C(=O)[C@H](C#N)c2nc3ccccc3o2)c(C)n1Cc1ccco1. The Bertz CT molecular complexity index is 1130. The van der Waals surface area contributed by atoms with Gasteiger partial charge in [-0.25, -0.2) is 4.98 Å². The van der Waals surface area contributed by atoms with Crippen molar-refractivity contribution in [2.75, 3.05) is 0 Å². The number of nitrogens with zero attached hydrogens (tertiary/aromatic N) is 3. The molecule has 0 bridgehead atoms. The standard InChI is InChI=1S/C21H17N3O3/c1-13-10-16(14(2)24(13)12-15-6-5-9-26-15)20(25)17(11-22)21-23-18-7-3-4-8-19(18)27-21/h3-10,17H,12H2,1-2H3/t17-/m0/s1. The van der Waals surface area contributed by atoms with Crippen molar-refractivity contribution < 1.29 is 13.6 Å². The molecule has 27 heavy (non-hydrogen) atoms. The Morgan fingerprint density at radius 2 is 2.07 bits per heavy atom. The van der Waals surface area contributed by atoms with Gasteiger partial charge in [0.25, 0.3) is 0 Å². The second-order valence-corrected chi connectivity index (χ2v) is 6.40. The van der Waals surface area contributed by atoms with Crippen LogP contribution in [0.15, 0.2) is 57.6 Å². The van der Waals surface area contributed by atoms with E-state index in [9.17, 15) is 10.1 Å². The van der Waals surface area contributed by atoms with Crippen molar-refractivity contribution in [1.82, 2.24) is 9.55 Å². The largest absolute Gasteiger partial charge is 0.467 e. The van der Waals surface area contributed by atoms with Gasteiger partial charge in [0, 0.05) is 17.0 Å². The first kappa shape index (κ1) is 16.9. The Labute approximate surface area is 155 Å². The van der Waals surface area contributed by atoms with Gasteiger partial charge in [0.05, 0.1) is 18.9 Å². The van der Waals surface area contributed by atoms with Crippen molar-refractivity contribution >= 4 is 16.9 Å². The van der Waals surface area contributed by atoms with Crippen LogP contribution in [0.1, 0.15) is 39.3 Å². The topological polar surface area (TPSA) is 85.0 Å². The molecular weight excluding hydrogens is 342 g/mol. The van der Waals surface area contributed by atoms with Crippen LogP contribution in [0.4, 0.5) is 0 Å². The number of ketones is 1. The third-order valence-corrected chi connectivity index (χ3v) is 4.68. The molecule has 6 heteroatoms. The van der Waals surface area contributed by atoms with Gasteiger partial charge in [-0.2, -0.15) is 5.26 Å². The highest BCUT2D eigenvalue weighted by atomic mass is 16.3. The average molecular weight is 359 g/mol. The number of hydrogen-bond acceptors (Lipinski definition) is 5. The van der Waals surface area contributed by atoms with Crippen LogP contribution in [-0.4, -0.2) is 15.3 Å². The van der Waals surface area contributed by atoms with Crippen molar-refractivity contribution in [3.05, 3.63) is 77.3 Å². The van der Waals surface area contributed by atoms with Gasteiger partial charge in [-0.15, -0.1) is 0 Å². The van der Waals surface area contributed by atoms with Gasteiger partial charge in [0.2, 0.25) is 5.89 Å². The molecule has 0 aliphatic heterocycles. The van der Waals surface area contributed by atoms with E-state index in [2.05, 4.69) is 4.98 Å². The molecule has 0 saturated heterocycles. The van der Waals surface area contributed by atoms with Crippen molar-refractivity contribution in [1.29, 1.82) is 5.26 Å². The van der Waals surface area contributed by atoms with Crippen LogP contribution in [0.3, 0.4) is 0 Å². The lowest BCUT2D eigenvalue weighted by Crippen LogP contribution is -2.13. The Morgan fingerprint density at radius 3 is 2.78 bits per heavy atom. The summed E-state index contributed by atoms with van der Waals surface area (Å²) in [5.41, 5.74) is 3.38. The number of fused-ring (bicyclic) bond motifs is 1. The second kappa shape index (κ2) is 6.61. The van der Waals surface area contributed by atoms with E-state index in [0.29, 0.717) is 23.2 Å². The lowest BCUT2D eigenvalue weighted by molar-refractivity contribution is 0.0969. The molecule has 134 valence electrons. The summed E-state index contributed by atoms with van der Waals surface area (Å²) < 4.78 is 13.0. The summed E-state index contributed by atoms with van der Waals surface area (Å²) in [6.45, 7) is 4.31. The van der Waals surface area contributed by atoms with Gasteiger partial charge >= 0.3 is 0 Å². The van der Waals surface area contributed by atoms with Gasteiger partial charge in [0.15, 0.2) is 17.3 Å². The van der Waals surface area contributed by atoms with Gasteiger partial charge in [-0.3, -0.25) is 4.79 Å². The van der Waals surface area contributed by atoms with Gasteiger partial charge in [0.1, 0.15) is 11.3 Å². The summed E-state index contributed by atoms with van der Waals surface area (Å²) in [4.78, 5) is 17.4. The van der Waals surface area contributed by atoms with Gasteiger partial charge < -0.3 is 13.4 Å². The molecule has 3 aromatic heterocycles. The Kier molecular flexibility index (Phi) is 4.13. The molecule has 0 fully saturated rings. The number of para-hydroxylation sites is 2. The fourth-order valence-electron chi connectivity index (χ4n) is 3.25. The van der Waals surface area contributed by atoms with Gasteiger partial charge in [-0.1, -0.05) is 12.1 Å². The molecule has 4 aromatic rings. The van der Waals surface area contributed by atoms with Crippen LogP contribution in [0.25, 0.3) is 11.1 Å². The highest BCUT2D eigenvalue weighted by Gasteiger charge is 2.29. The molecule has 0 aliphatic rings. The number of carbonyl (C=O) groups excluding carboxylic acids is 1. The van der Waals surface area contributed by atoms with Crippen LogP contribution < -0.4 is 0 Å². The summed E-state index contributed by atoms with van der Waals surface area (Å²) in [5.74, 6) is -0.482. The smallest absolute Gasteiger partial charge is 0.220 e. The summed E-state index contributed by atoms with van der Waals surface area (Å²) in [7, 11) is 0. The normalized spacial score (nSPS) is 12.2. The van der Waals surface area contributed by atoms with Crippen LogP contribution >= 0.6 is 0 Å². The molecule has 1 atom stereocenters. The molecule has 0 radical (unpaired) electrons. The molecule has 0 saturated carbocycles. The molecule has 1 aromatic carbocycles. The number of hydrogen-bond donors (Lipinski definition) is 0. The zero-order chi connectivity index (χ0) is 19.0. The van der Waals surface area contributed by atoms with Gasteiger partial charge in [-0.05, 0) is 44.2 Å². The van der Waals surface area contributed by atoms with Crippen molar-refractivity contribution in [3.8, 4) is 6.07 Å². The number of carbonyl (C=O) groups is 1. The third kappa shape index (κ3) is 2.93. The van der Waals surface area contributed by atoms with E-state index < -0.39 is 5.92 Å². The maximum Gasteiger partial charge on any atom is 0.220 e. The predicted octanol–water partition coefficient (Wildman–Crippen LogP) is 4.38. The minimum atomic E-state index is -1.09. The first-order valence-corrected chi connectivity index (χ1v) is 8.57. The third-order valence-electron chi connectivity index (χ3n) is 4.68. The molecule has 4 rings (SSSR count). The van der Waals surface area contributed by atoms with E-state index in [1.807, 2.05) is 48.7 Å². The van der Waals surface area contributed by atoms with E-state index >= 15 is 0 Å². The number of benzene rings is 1. The zero-order valence-electron chi connectivity index (χ0n) is 15.0. The lowest BCUT2D eigenvalue weighted by Gasteiger charge is -2.08. The average Bonchev–Trinajstić information content (AvgIpc) is 3.38. The summed E-state index contributed by atoms with van der Waals surface area (Å²) >= 11 is 0. The monoisotopic (exact) mass is 359 g/mol. The van der Waals surface area contributed by atoms with Crippen LogP contribution in [-0.2, 0) is 6.54 Å². The fourth-order valence-corrected chi connectivity index (χ4v) is 3.25. The van der Waals surface area contributed by atoms with E-state index in [0.717, 1.165) is 17.1 Å². The number of oxazole rings is 1. The molecule has 0 amide bonds. The summed E-state index contributed by atoms with van der Waals surface area (Å²) in [6.07, 6.45) is 1.62. The number of furan rings is 1. The molecular formula is C21H17N3O3. The number of aryl methyl sites for hydroxylation is 1. The molecule has 0 N–H and O–H groups in total. The highest BCUT2D eigenvalue weighted by molar-refractivity contribution is 6.03. The maximum atomic E-state index is 13.1. The first-order chi connectivity index (χ1) is 13.1. The van der Waals surface area contributed by atoms with E-state index in [-0.39, 0.29) is 11.7 Å². The summed E-state index contributed by atoms with van der Waals surface area (Å²) in [6, 6.07) is 14.8. The predicted molar refractivity (Wildman–Crippen MR) is 98.4 cm³/mol. The second-order valence-electron chi connectivity index (χ2n) is 6.40. The Hall–Kier alpha value is -3.59. The Balaban J connectivity index is 1.69. The number of rotatable bonds is 5. The van der Waals surface area contributed by atoms with Crippen molar-refractivity contribution in [2.45, 2.75) is 26.3 Å². The van der Waals surface area contributed by atoms with E-state index in [1.165, 1.54) is 0 Å². The number of Topliss-reactive ketones (excluding diaryl/α,β-unsaturated/α-hetero) is 1. The summed E-state index contributed by atoms with van der Waals surface area (Å²) in [5, 5.41) is 9.62. The maximum absolute atomic E-state index is 13.1. The molecule has 3 heterocycles. The zero-order valence-corrected chi connectivity index (χ0v) is 15.0. The lowest BCUT2D eigenvalue weighted by atomic mass is 9.99.